The van der Waals surface area contributed by atoms with E-state index in [0.29, 0.717) is 30.4 Å². The summed E-state index contributed by atoms with van der Waals surface area (Å²) in [5.74, 6) is -0.869. The van der Waals surface area contributed by atoms with E-state index in [1.54, 1.807) is 36.9 Å². The second-order valence-corrected chi connectivity index (χ2v) is 7.13. The van der Waals surface area contributed by atoms with Gasteiger partial charge in [-0.05, 0) is 66.6 Å². The lowest BCUT2D eigenvalue weighted by Crippen LogP contribution is -2.44. The van der Waals surface area contributed by atoms with Crippen LogP contribution in [0.3, 0.4) is 0 Å². The molecule has 2 N–H and O–H groups in total. The van der Waals surface area contributed by atoms with Gasteiger partial charge >= 0.3 is 0 Å². The molecule has 0 spiro atoms. The molecule has 5 nitrogen and oxygen atoms in total. The fourth-order valence-corrected chi connectivity index (χ4v) is 4.08. The Labute approximate surface area is 161 Å². The lowest BCUT2D eigenvalue weighted by Gasteiger charge is -2.36. The first-order chi connectivity index (χ1) is 13.5. The van der Waals surface area contributed by atoms with Crippen LogP contribution >= 0.6 is 0 Å². The van der Waals surface area contributed by atoms with Crippen molar-refractivity contribution in [3.8, 4) is 0 Å². The van der Waals surface area contributed by atoms with E-state index >= 15 is 0 Å². The van der Waals surface area contributed by atoms with E-state index in [-0.39, 0.29) is 5.82 Å². The molecule has 142 valence electrons. The third-order valence-corrected chi connectivity index (χ3v) is 5.68. The van der Waals surface area contributed by atoms with Gasteiger partial charge in [0.05, 0.1) is 16.4 Å². The number of carbonyl (C=O) groups excluding carboxylic acids is 1. The van der Waals surface area contributed by atoms with Crippen LogP contribution in [0.25, 0.3) is 16.6 Å². The zero-order chi connectivity index (χ0) is 19.7. The van der Waals surface area contributed by atoms with Crippen LogP contribution in [-0.2, 0) is 10.2 Å². The van der Waals surface area contributed by atoms with Crippen LogP contribution in [0.1, 0.15) is 36.0 Å². The Morgan fingerprint density at radius 2 is 1.96 bits per heavy atom. The smallest absolute Gasteiger partial charge is 0.254 e. The minimum Gasteiger partial charge on any atom is -0.289 e. The molecule has 0 aliphatic heterocycles. The Morgan fingerprint density at radius 3 is 2.68 bits per heavy atom. The van der Waals surface area contributed by atoms with E-state index in [1.165, 1.54) is 6.07 Å². The SMILES string of the molecule is Cc1c(F)cccc1C1(C(=O)NO)CC=C(c2ccc3nccnc3c2)CC1. The summed E-state index contributed by atoms with van der Waals surface area (Å²) in [5, 5.41) is 9.35. The van der Waals surface area contributed by atoms with Crippen LogP contribution in [0, 0.1) is 12.7 Å². The molecule has 1 heterocycles. The van der Waals surface area contributed by atoms with Crippen LogP contribution in [-0.4, -0.2) is 21.1 Å². The van der Waals surface area contributed by atoms with Crippen LogP contribution < -0.4 is 5.48 Å². The number of carbonyl (C=O) groups is 1. The number of halogens is 1. The first kappa shape index (κ1) is 18.3. The number of fused-ring (bicyclic) bond motifs is 1. The number of amides is 1. The first-order valence-electron chi connectivity index (χ1n) is 9.15. The van der Waals surface area contributed by atoms with Crippen molar-refractivity contribution in [2.45, 2.75) is 31.6 Å². The Morgan fingerprint density at radius 1 is 1.18 bits per heavy atom. The Kier molecular flexibility index (Phi) is 4.65. The van der Waals surface area contributed by atoms with Crippen molar-refractivity contribution < 1.29 is 14.4 Å². The summed E-state index contributed by atoms with van der Waals surface area (Å²) in [6.45, 7) is 1.66. The normalized spacial score (nSPS) is 19.3. The van der Waals surface area contributed by atoms with Gasteiger partial charge in [-0.15, -0.1) is 0 Å². The van der Waals surface area contributed by atoms with E-state index in [4.69, 9.17) is 0 Å². The molecule has 28 heavy (non-hydrogen) atoms. The van der Waals surface area contributed by atoms with Crippen molar-refractivity contribution in [3.63, 3.8) is 0 Å². The molecule has 1 unspecified atom stereocenters. The third-order valence-electron chi connectivity index (χ3n) is 5.68. The molecule has 0 fully saturated rings. The largest absolute Gasteiger partial charge is 0.289 e. The number of hydrogen-bond acceptors (Lipinski definition) is 4. The fraction of sp³-hybridized carbons (Fsp3) is 0.227. The molecule has 3 aromatic rings. The molecule has 4 rings (SSSR count). The summed E-state index contributed by atoms with van der Waals surface area (Å²) in [6.07, 6.45) is 6.77. The molecule has 0 radical (unpaired) electrons. The van der Waals surface area contributed by atoms with E-state index in [1.807, 2.05) is 24.3 Å². The van der Waals surface area contributed by atoms with Crippen molar-refractivity contribution in [1.29, 1.82) is 0 Å². The minimum absolute atomic E-state index is 0.356. The van der Waals surface area contributed by atoms with Gasteiger partial charge < -0.3 is 0 Å². The zero-order valence-corrected chi connectivity index (χ0v) is 15.4. The van der Waals surface area contributed by atoms with Gasteiger partial charge in [-0.25, -0.2) is 9.87 Å². The maximum absolute atomic E-state index is 14.1. The highest BCUT2D eigenvalue weighted by Gasteiger charge is 2.42. The molecule has 1 aromatic heterocycles. The predicted molar refractivity (Wildman–Crippen MR) is 104 cm³/mol. The van der Waals surface area contributed by atoms with Crippen molar-refractivity contribution in [2.24, 2.45) is 0 Å². The quantitative estimate of drug-likeness (QED) is 0.533. The highest BCUT2D eigenvalue weighted by Crippen LogP contribution is 2.43. The molecule has 6 heteroatoms. The van der Waals surface area contributed by atoms with Gasteiger partial charge in [0, 0.05) is 12.4 Å². The van der Waals surface area contributed by atoms with Gasteiger partial charge in [0.25, 0.3) is 5.91 Å². The Bertz CT molecular complexity index is 1100. The van der Waals surface area contributed by atoms with Crippen LogP contribution in [0.4, 0.5) is 4.39 Å². The summed E-state index contributed by atoms with van der Waals surface area (Å²) < 4.78 is 14.1. The van der Waals surface area contributed by atoms with Crippen molar-refractivity contribution >= 4 is 22.5 Å². The summed E-state index contributed by atoms with van der Waals surface area (Å²) >= 11 is 0. The van der Waals surface area contributed by atoms with Gasteiger partial charge in [-0.3, -0.25) is 20.0 Å². The molecule has 1 aliphatic carbocycles. The van der Waals surface area contributed by atoms with E-state index in [0.717, 1.165) is 22.2 Å². The van der Waals surface area contributed by atoms with E-state index in [2.05, 4.69) is 9.97 Å². The van der Waals surface area contributed by atoms with Crippen molar-refractivity contribution in [3.05, 3.63) is 77.4 Å². The van der Waals surface area contributed by atoms with Crippen LogP contribution in [0.2, 0.25) is 0 Å². The lowest BCUT2D eigenvalue weighted by molar-refractivity contribution is -0.135. The molecule has 0 saturated carbocycles. The van der Waals surface area contributed by atoms with Crippen LogP contribution in [0.15, 0.2) is 54.9 Å². The number of hydroxylamine groups is 1. The second-order valence-electron chi connectivity index (χ2n) is 7.13. The molecule has 1 amide bonds. The highest BCUT2D eigenvalue weighted by molar-refractivity contribution is 5.90. The van der Waals surface area contributed by atoms with Gasteiger partial charge in [0.2, 0.25) is 0 Å². The molecule has 1 aliphatic rings. The van der Waals surface area contributed by atoms with Crippen LogP contribution in [0.5, 0.6) is 0 Å². The number of aromatic nitrogens is 2. The second kappa shape index (κ2) is 7.13. The number of nitrogens with zero attached hydrogens (tertiary/aromatic N) is 2. The molecule has 0 saturated heterocycles. The average molecular weight is 377 g/mol. The van der Waals surface area contributed by atoms with Gasteiger partial charge in [-0.1, -0.05) is 24.3 Å². The average Bonchev–Trinajstić information content (AvgIpc) is 2.75. The van der Waals surface area contributed by atoms with E-state index in [9.17, 15) is 14.4 Å². The molecule has 2 aromatic carbocycles. The zero-order valence-electron chi connectivity index (χ0n) is 15.4. The highest BCUT2D eigenvalue weighted by atomic mass is 19.1. The number of hydrogen-bond donors (Lipinski definition) is 2. The Hall–Kier alpha value is -3.12. The minimum atomic E-state index is -0.999. The topological polar surface area (TPSA) is 75.1 Å². The maximum atomic E-state index is 14.1. The maximum Gasteiger partial charge on any atom is 0.254 e. The summed E-state index contributed by atoms with van der Waals surface area (Å²) in [5.41, 5.74) is 5.60. The van der Waals surface area contributed by atoms with Crippen molar-refractivity contribution in [1.82, 2.24) is 15.4 Å². The summed E-state index contributed by atoms with van der Waals surface area (Å²) in [6, 6.07) is 10.7. The first-order valence-corrected chi connectivity index (χ1v) is 9.15. The fourth-order valence-electron chi connectivity index (χ4n) is 4.08. The standard InChI is InChI=1S/C22H20FN3O2/c1-14-17(3-2-4-18(14)23)22(21(27)26-28)9-7-15(8-10-22)16-5-6-19-20(13-16)25-12-11-24-19/h2-7,11-13,28H,8-10H2,1H3,(H,26,27). The van der Waals surface area contributed by atoms with E-state index < -0.39 is 11.3 Å². The van der Waals surface area contributed by atoms with Gasteiger partial charge in [0.1, 0.15) is 5.82 Å². The molecule has 1 atom stereocenters. The number of allylic oxidation sites excluding steroid dienone is 2. The number of benzene rings is 2. The summed E-state index contributed by atoms with van der Waals surface area (Å²) in [7, 11) is 0. The molecular weight excluding hydrogens is 357 g/mol. The lowest BCUT2D eigenvalue weighted by atomic mass is 9.67. The van der Waals surface area contributed by atoms with Crippen molar-refractivity contribution in [2.75, 3.05) is 0 Å². The van der Waals surface area contributed by atoms with Gasteiger partial charge in [0.15, 0.2) is 0 Å². The van der Waals surface area contributed by atoms with Gasteiger partial charge in [-0.2, -0.15) is 0 Å². The number of nitrogens with one attached hydrogen (secondary N) is 1. The number of rotatable bonds is 3. The monoisotopic (exact) mass is 377 g/mol. The predicted octanol–water partition coefficient (Wildman–Crippen LogP) is 4.09. The molecule has 0 bridgehead atoms. The Balaban J connectivity index is 1.74. The summed E-state index contributed by atoms with van der Waals surface area (Å²) in [4.78, 5) is 21.3. The third kappa shape index (κ3) is 2.96. The molecular formula is C22H20FN3O2.